The molecule has 4 aromatic rings. The monoisotopic (exact) mass is 436 g/mol. The molecule has 4 rings (SSSR count). The molecule has 0 saturated heterocycles. The van der Waals surface area contributed by atoms with Gasteiger partial charge in [0.25, 0.3) is 5.56 Å². The van der Waals surface area contributed by atoms with Gasteiger partial charge < -0.3 is 13.9 Å². The number of methoxy groups -OCH3 is 2. The Morgan fingerprint density at radius 1 is 1.16 bits per heavy atom. The van der Waals surface area contributed by atoms with Gasteiger partial charge in [0, 0.05) is 18.2 Å². The first-order valence-corrected chi connectivity index (χ1v) is 10.4. The fraction of sp³-hybridized carbons (Fsp3) is 0.174. The molecule has 0 spiro atoms. The largest absolute Gasteiger partial charge is 0.503 e. The molecular weight excluding hydrogens is 416 g/mol. The lowest BCUT2D eigenvalue weighted by Gasteiger charge is -2.12. The fourth-order valence-electron chi connectivity index (χ4n) is 3.33. The molecular formula is C23H20N2O5S. The van der Waals surface area contributed by atoms with Gasteiger partial charge in [-0.2, -0.15) is 0 Å². The van der Waals surface area contributed by atoms with Crippen molar-refractivity contribution in [3.63, 3.8) is 0 Å². The second-order valence-corrected chi connectivity index (χ2v) is 7.68. The minimum Gasteiger partial charge on any atom is -0.503 e. The highest BCUT2D eigenvalue weighted by Gasteiger charge is 2.19. The number of esters is 1. The lowest BCUT2D eigenvalue weighted by Crippen LogP contribution is -2.19. The number of nitrogens with zero attached hydrogens (tertiary/aromatic N) is 2. The Morgan fingerprint density at radius 2 is 1.90 bits per heavy atom. The number of furan rings is 1. The molecule has 0 aliphatic carbocycles. The molecule has 31 heavy (non-hydrogen) atoms. The van der Waals surface area contributed by atoms with Gasteiger partial charge in [0.1, 0.15) is 16.7 Å². The van der Waals surface area contributed by atoms with E-state index < -0.39 is 5.97 Å². The Labute approximate surface area is 182 Å². The van der Waals surface area contributed by atoms with Crippen LogP contribution in [0.5, 0.6) is 0 Å². The molecule has 2 heterocycles. The number of hydrogen-bond acceptors (Lipinski definition) is 7. The molecule has 7 nitrogen and oxygen atoms in total. The van der Waals surface area contributed by atoms with Crippen LogP contribution in [-0.4, -0.2) is 29.7 Å². The first-order chi connectivity index (χ1) is 15.0. The molecule has 0 unspecified atom stereocenters. The maximum Gasteiger partial charge on any atom is 0.341 e. The number of fused-ring (bicyclic) bond motifs is 3. The molecule has 8 heteroatoms. The summed E-state index contributed by atoms with van der Waals surface area (Å²) in [6, 6.07) is 14.9. The van der Waals surface area contributed by atoms with E-state index in [1.807, 2.05) is 48.5 Å². The second kappa shape index (κ2) is 8.69. The van der Waals surface area contributed by atoms with Crippen LogP contribution in [0.15, 0.2) is 69.2 Å². The molecule has 0 atom stereocenters. The first kappa shape index (κ1) is 20.7. The zero-order valence-corrected chi connectivity index (χ0v) is 18.1. The van der Waals surface area contributed by atoms with Crippen molar-refractivity contribution in [3.05, 3.63) is 76.3 Å². The summed E-state index contributed by atoms with van der Waals surface area (Å²) in [6.45, 7) is 0. The Morgan fingerprint density at radius 3 is 2.68 bits per heavy atom. The number of para-hydroxylation sites is 1. The van der Waals surface area contributed by atoms with E-state index in [1.54, 1.807) is 7.05 Å². The third kappa shape index (κ3) is 3.82. The van der Waals surface area contributed by atoms with E-state index >= 15 is 0 Å². The molecule has 158 valence electrons. The van der Waals surface area contributed by atoms with Gasteiger partial charge >= 0.3 is 5.97 Å². The standard InChI is InChI=1S/C23H20N2O5S/c1-25-21(26)20-19(16-10-6-7-11-18(16)30-20)24-23(25)31-13-14-8-4-5-9-15(14)17(12-28-2)22(27)29-3/h4-12H,13H2,1-3H3/b17-12+. The van der Waals surface area contributed by atoms with Crippen LogP contribution < -0.4 is 5.56 Å². The minimum atomic E-state index is -0.490. The molecule has 0 saturated carbocycles. The predicted molar refractivity (Wildman–Crippen MR) is 120 cm³/mol. The zero-order valence-electron chi connectivity index (χ0n) is 17.2. The van der Waals surface area contributed by atoms with Crippen LogP contribution in [-0.2, 0) is 27.1 Å². The fourth-order valence-corrected chi connectivity index (χ4v) is 4.30. The van der Waals surface area contributed by atoms with Gasteiger partial charge in [0.2, 0.25) is 5.58 Å². The molecule has 2 aromatic carbocycles. The summed E-state index contributed by atoms with van der Waals surface area (Å²) < 4.78 is 17.2. The molecule has 0 amide bonds. The summed E-state index contributed by atoms with van der Waals surface area (Å²) in [5.41, 5.74) is 3.07. The normalized spacial score (nSPS) is 11.8. The van der Waals surface area contributed by atoms with Crippen molar-refractivity contribution >= 4 is 45.4 Å². The summed E-state index contributed by atoms with van der Waals surface area (Å²) in [4.78, 5) is 29.8. The van der Waals surface area contributed by atoms with Gasteiger partial charge in [-0.3, -0.25) is 9.36 Å². The zero-order chi connectivity index (χ0) is 22.0. The Bertz CT molecular complexity index is 1370. The van der Waals surface area contributed by atoms with Crippen LogP contribution in [0.4, 0.5) is 0 Å². The highest BCUT2D eigenvalue weighted by Crippen LogP contribution is 2.30. The van der Waals surface area contributed by atoms with E-state index in [-0.39, 0.29) is 11.1 Å². The SMILES string of the molecule is CO/C=C(/C(=O)OC)c1ccccc1CSc1nc2c(oc3ccccc32)c(=O)n1C. The van der Waals surface area contributed by atoms with Crippen molar-refractivity contribution < 1.29 is 18.7 Å². The quantitative estimate of drug-likeness (QED) is 0.148. The Kier molecular flexibility index (Phi) is 5.81. The van der Waals surface area contributed by atoms with Crippen molar-refractivity contribution in [1.82, 2.24) is 9.55 Å². The Balaban J connectivity index is 1.73. The average molecular weight is 436 g/mol. The van der Waals surface area contributed by atoms with Gasteiger partial charge in [0.15, 0.2) is 5.16 Å². The van der Waals surface area contributed by atoms with Crippen LogP contribution in [0.2, 0.25) is 0 Å². The maximum absolute atomic E-state index is 12.8. The first-order valence-electron chi connectivity index (χ1n) is 9.45. The third-order valence-electron chi connectivity index (χ3n) is 4.87. The maximum atomic E-state index is 12.8. The van der Waals surface area contributed by atoms with Crippen molar-refractivity contribution in [3.8, 4) is 0 Å². The van der Waals surface area contributed by atoms with Crippen LogP contribution >= 0.6 is 11.8 Å². The summed E-state index contributed by atoms with van der Waals surface area (Å²) in [5.74, 6) is -0.00777. The highest BCUT2D eigenvalue weighted by atomic mass is 32.2. The molecule has 0 aliphatic heterocycles. The molecule has 2 aromatic heterocycles. The van der Waals surface area contributed by atoms with Crippen LogP contribution in [0.1, 0.15) is 11.1 Å². The summed E-state index contributed by atoms with van der Waals surface area (Å²) >= 11 is 1.40. The lowest BCUT2D eigenvalue weighted by atomic mass is 10.0. The lowest BCUT2D eigenvalue weighted by molar-refractivity contribution is -0.133. The van der Waals surface area contributed by atoms with E-state index in [1.165, 1.54) is 36.8 Å². The van der Waals surface area contributed by atoms with Crippen LogP contribution in [0, 0.1) is 0 Å². The van der Waals surface area contributed by atoms with E-state index in [0.29, 0.717) is 33.1 Å². The van der Waals surface area contributed by atoms with Crippen molar-refractivity contribution in [2.24, 2.45) is 7.05 Å². The number of ether oxygens (including phenoxy) is 2. The van der Waals surface area contributed by atoms with E-state index in [0.717, 1.165) is 10.9 Å². The second-order valence-electron chi connectivity index (χ2n) is 6.74. The number of aromatic nitrogens is 2. The molecule has 0 N–H and O–H groups in total. The number of hydrogen-bond donors (Lipinski definition) is 0. The topological polar surface area (TPSA) is 83.6 Å². The van der Waals surface area contributed by atoms with Gasteiger partial charge in [-0.05, 0) is 23.3 Å². The predicted octanol–water partition coefficient (Wildman–Crippen LogP) is 4.13. The van der Waals surface area contributed by atoms with Crippen molar-refractivity contribution in [1.29, 1.82) is 0 Å². The third-order valence-corrected chi connectivity index (χ3v) is 5.95. The molecule has 0 fully saturated rings. The smallest absolute Gasteiger partial charge is 0.341 e. The summed E-state index contributed by atoms with van der Waals surface area (Å²) in [7, 11) is 4.47. The van der Waals surface area contributed by atoms with Gasteiger partial charge in [-0.25, -0.2) is 9.78 Å². The van der Waals surface area contributed by atoms with Crippen LogP contribution in [0.25, 0.3) is 27.6 Å². The van der Waals surface area contributed by atoms with Gasteiger partial charge in [-0.1, -0.05) is 48.2 Å². The van der Waals surface area contributed by atoms with E-state index in [2.05, 4.69) is 0 Å². The summed E-state index contributed by atoms with van der Waals surface area (Å²) in [5, 5.41) is 1.35. The van der Waals surface area contributed by atoms with E-state index in [4.69, 9.17) is 18.9 Å². The molecule has 0 bridgehead atoms. The Hall–Kier alpha value is -3.52. The van der Waals surface area contributed by atoms with Crippen molar-refractivity contribution in [2.45, 2.75) is 10.9 Å². The molecule has 0 radical (unpaired) electrons. The highest BCUT2D eigenvalue weighted by molar-refractivity contribution is 7.98. The number of benzene rings is 2. The number of carbonyl (C=O) groups is 1. The van der Waals surface area contributed by atoms with Crippen LogP contribution in [0.3, 0.4) is 0 Å². The van der Waals surface area contributed by atoms with Crippen molar-refractivity contribution in [2.75, 3.05) is 14.2 Å². The number of rotatable bonds is 6. The number of carbonyl (C=O) groups excluding carboxylic acids is 1. The molecule has 0 aliphatic rings. The summed E-state index contributed by atoms with van der Waals surface area (Å²) in [6.07, 6.45) is 1.37. The minimum absolute atomic E-state index is 0.240. The van der Waals surface area contributed by atoms with Gasteiger partial charge in [-0.15, -0.1) is 0 Å². The van der Waals surface area contributed by atoms with E-state index in [9.17, 15) is 9.59 Å². The average Bonchev–Trinajstić information content (AvgIpc) is 3.17. The number of thioether (sulfide) groups is 1. The van der Waals surface area contributed by atoms with Gasteiger partial charge in [0.05, 0.1) is 20.5 Å².